The molecule has 0 unspecified atom stereocenters. The smallest absolute Gasteiger partial charge is 0.138 e. The predicted molar refractivity (Wildman–Crippen MR) is 60.5 cm³/mol. The molecule has 1 saturated heterocycles. The van der Waals surface area contributed by atoms with E-state index < -0.39 is 0 Å². The van der Waals surface area contributed by atoms with E-state index in [1.165, 1.54) is 5.56 Å². The van der Waals surface area contributed by atoms with Crippen LogP contribution in [0.25, 0.3) is 0 Å². The molecule has 2 rings (SSSR count). The Hall–Kier alpha value is -1.15. The Morgan fingerprint density at radius 2 is 2.07 bits per heavy atom. The van der Waals surface area contributed by atoms with Gasteiger partial charge in [-0.2, -0.15) is 0 Å². The van der Waals surface area contributed by atoms with E-state index in [-0.39, 0.29) is 5.92 Å². The topological polar surface area (TPSA) is 20.3 Å². The van der Waals surface area contributed by atoms with Crippen LogP contribution in [0.2, 0.25) is 0 Å². The molecule has 0 spiro atoms. The van der Waals surface area contributed by atoms with Crippen LogP contribution in [0, 0.1) is 5.92 Å². The Morgan fingerprint density at radius 1 is 1.33 bits per heavy atom. The zero-order valence-corrected chi connectivity index (χ0v) is 9.15. The van der Waals surface area contributed by atoms with Gasteiger partial charge in [0.2, 0.25) is 0 Å². The molecule has 0 radical (unpaired) electrons. The number of carbonyl (C=O) groups excluding carboxylic acids is 1. The molecule has 0 aliphatic carbocycles. The van der Waals surface area contributed by atoms with Crippen molar-refractivity contribution in [3.8, 4) is 0 Å². The van der Waals surface area contributed by atoms with Gasteiger partial charge in [0, 0.05) is 32.0 Å². The van der Waals surface area contributed by atoms with Gasteiger partial charge in [-0.1, -0.05) is 37.3 Å². The maximum atomic E-state index is 11.4. The van der Waals surface area contributed by atoms with Crippen molar-refractivity contribution in [1.29, 1.82) is 0 Å². The maximum absolute atomic E-state index is 11.4. The molecule has 0 bridgehead atoms. The molecule has 0 amide bonds. The summed E-state index contributed by atoms with van der Waals surface area (Å²) in [4.78, 5) is 13.7. The zero-order valence-electron chi connectivity index (χ0n) is 9.15. The number of carbonyl (C=O) groups is 1. The van der Waals surface area contributed by atoms with E-state index in [2.05, 4.69) is 29.2 Å². The molecule has 1 fully saturated rings. The van der Waals surface area contributed by atoms with Gasteiger partial charge in [-0.3, -0.25) is 9.69 Å². The summed E-state index contributed by atoms with van der Waals surface area (Å²) in [6.45, 7) is 4.82. The van der Waals surface area contributed by atoms with Crippen LogP contribution in [0.1, 0.15) is 18.9 Å². The van der Waals surface area contributed by atoms with E-state index in [1.807, 2.05) is 13.0 Å². The highest BCUT2D eigenvalue weighted by Crippen LogP contribution is 2.14. The van der Waals surface area contributed by atoms with E-state index in [4.69, 9.17) is 0 Å². The fourth-order valence-corrected chi connectivity index (χ4v) is 2.08. The maximum Gasteiger partial charge on any atom is 0.138 e. The highest BCUT2D eigenvalue weighted by Gasteiger charge is 2.22. The Balaban J connectivity index is 1.94. The van der Waals surface area contributed by atoms with Crippen LogP contribution < -0.4 is 0 Å². The van der Waals surface area contributed by atoms with Gasteiger partial charge in [-0.25, -0.2) is 0 Å². The second kappa shape index (κ2) is 4.58. The number of hydrogen-bond acceptors (Lipinski definition) is 2. The summed E-state index contributed by atoms with van der Waals surface area (Å²) in [6.07, 6.45) is 0.716. The summed E-state index contributed by atoms with van der Waals surface area (Å²) >= 11 is 0. The molecule has 15 heavy (non-hydrogen) atoms. The quantitative estimate of drug-likeness (QED) is 0.733. The van der Waals surface area contributed by atoms with Crippen molar-refractivity contribution in [3.63, 3.8) is 0 Å². The lowest BCUT2D eigenvalue weighted by molar-refractivity contribution is -0.125. The monoisotopic (exact) mass is 203 g/mol. The number of hydrogen-bond donors (Lipinski definition) is 0. The van der Waals surface area contributed by atoms with Crippen LogP contribution in [-0.2, 0) is 11.3 Å². The molecular weight excluding hydrogens is 186 g/mol. The average molecular weight is 203 g/mol. The van der Waals surface area contributed by atoms with Gasteiger partial charge in [0.25, 0.3) is 0 Å². The van der Waals surface area contributed by atoms with Crippen LogP contribution in [-0.4, -0.2) is 23.8 Å². The van der Waals surface area contributed by atoms with Gasteiger partial charge >= 0.3 is 0 Å². The number of piperidine rings is 1. The number of benzene rings is 1. The number of nitrogens with zero attached hydrogens (tertiary/aromatic N) is 1. The molecule has 1 aliphatic rings. The van der Waals surface area contributed by atoms with Crippen LogP contribution in [0.4, 0.5) is 0 Å². The third kappa shape index (κ3) is 2.66. The fraction of sp³-hybridized carbons (Fsp3) is 0.462. The van der Waals surface area contributed by atoms with Crippen LogP contribution in [0.15, 0.2) is 30.3 Å². The van der Waals surface area contributed by atoms with Gasteiger partial charge in [0.05, 0.1) is 0 Å². The van der Waals surface area contributed by atoms with Crippen molar-refractivity contribution >= 4 is 5.78 Å². The first-order chi connectivity index (χ1) is 7.25. The molecule has 0 saturated carbocycles. The van der Waals surface area contributed by atoms with Crippen molar-refractivity contribution in [2.24, 2.45) is 5.92 Å². The molecule has 1 atom stereocenters. The first-order valence-electron chi connectivity index (χ1n) is 5.54. The van der Waals surface area contributed by atoms with Crippen molar-refractivity contribution in [1.82, 2.24) is 4.90 Å². The summed E-state index contributed by atoms with van der Waals surface area (Å²) in [5.74, 6) is 0.627. The second-order valence-corrected chi connectivity index (χ2v) is 4.34. The zero-order chi connectivity index (χ0) is 10.7. The molecule has 2 heteroatoms. The minimum Gasteiger partial charge on any atom is -0.299 e. The fourth-order valence-electron chi connectivity index (χ4n) is 2.08. The van der Waals surface area contributed by atoms with Crippen molar-refractivity contribution in [3.05, 3.63) is 35.9 Å². The standard InChI is InChI=1S/C13H17NO/c1-11-9-14(8-7-13(11)15)10-12-5-3-2-4-6-12/h2-6,11H,7-10H2,1H3/t11-/m1/s1. The van der Waals surface area contributed by atoms with Gasteiger partial charge in [0.1, 0.15) is 5.78 Å². The number of rotatable bonds is 2. The Morgan fingerprint density at radius 3 is 2.73 bits per heavy atom. The molecule has 1 aliphatic heterocycles. The number of Topliss-reactive ketones (excluding diaryl/α,β-unsaturated/α-hetero) is 1. The molecule has 1 aromatic carbocycles. The largest absolute Gasteiger partial charge is 0.299 e. The normalized spacial score (nSPS) is 23.0. The van der Waals surface area contributed by atoms with E-state index in [1.54, 1.807) is 0 Å². The van der Waals surface area contributed by atoms with Crippen molar-refractivity contribution in [2.75, 3.05) is 13.1 Å². The van der Waals surface area contributed by atoms with E-state index >= 15 is 0 Å². The van der Waals surface area contributed by atoms with Crippen LogP contribution >= 0.6 is 0 Å². The summed E-state index contributed by atoms with van der Waals surface area (Å²) in [5.41, 5.74) is 1.33. The highest BCUT2D eigenvalue weighted by atomic mass is 16.1. The summed E-state index contributed by atoms with van der Waals surface area (Å²) in [6, 6.07) is 10.4. The van der Waals surface area contributed by atoms with Crippen LogP contribution in [0.3, 0.4) is 0 Å². The average Bonchev–Trinajstić information content (AvgIpc) is 2.25. The third-order valence-electron chi connectivity index (χ3n) is 3.01. The lowest BCUT2D eigenvalue weighted by Gasteiger charge is -2.29. The van der Waals surface area contributed by atoms with Gasteiger partial charge < -0.3 is 0 Å². The highest BCUT2D eigenvalue weighted by molar-refractivity contribution is 5.81. The minimum atomic E-state index is 0.211. The molecule has 80 valence electrons. The van der Waals surface area contributed by atoms with E-state index in [9.17, 15) is 4.79 Å². The summed E-state index contributed by atoms with van der Waals surface area (Å²) < 4.78 is 0. The number of likely N-dealkylation sites (tertiary alicyclic amines) is 1. The summed E-state index contributed by atoms with van der Waals surface area (Å²) in [5, 5.41) is 0. The van der Waals surface area contributed by atoms with Crippen molar-refractivity contribution in [2.45, 2.75) is 19.9 Å². The lowest BCUT2D eigenvalue weighted by atomic mass is 9.98. The molecule has 1 heterocycles. The first-order valence-corrected chi connectivity index (χ1v) is 5.54. The van der Waals surface area contributed by atoms with Gasteiger partial charge in [0.15, 0.2) is 0 Å². The summed E-state index contributed by atoms with van der Waals surface area (Å²) in [7, 11) is 0. The molecule has 0 N–H and O–H groups in total. The molecule has 2 nitrogen and oxygen atoms in total. The van der Waals surface area contributed by atoms with Crippen LogP contribution in [0.5, 0.6) is 0 Å². The predicted octanol–water partition coefficient (Wildman–Crippen LogP) is 2.10. The SMILES string of the molecule is C[C@@H]1CN(Cc2ccccc2)CCC1=O. The minimum absolute atomic E-state index is 0.211. The lowest BCUT2D eigenvalue weighted by Crippen LogP contribution is -2.38. The Bertz CT molecular complexity index is 334. The van der Waals surface area contributed by atoms with Gasteiger partial charge in [-0.15, -0.1) is 0 Å². The Kier molecular flexibility index (Phi) is 3.17. The first kappa shape index (κ1) is 10.4. The Labute approximate surface area is 90.9 Å². The molecule has 1 aromatic rings. The number of ketones is 1. The van der Waals surface area contributed by atoms with Crippen molar-refractivity contribution < 1.29 is 4.79 Å². The second-order valence-electron chi connectivity index (χ2n) is 4.34. The third-order valence-corrected chi connectivity index (χ3v) is 3.01. The van der Waals surface area contributed by atoms with Gasteiger partial charge in [-0.05, 0) is 5.56 Å². The molecular formula is C13H17NO. The van der Waals surface area contributed by atoms with E-state index in [0.717, 1.165) is 19.6 Å². The van der Waals surface area contributed by atoms with E-state index in [0.29, 0.717) is 12.2 Å². The molecule has 0 aromatic heterocycles.